The van der Waals surface area contributed by atoms with Crippen molar-refractivity contribution in [2.75, 3.05) is 45.4 Å². The van der Waals surface area contributed by atoms with Gasteiger partial charge < -0.3 is 29.3 Å². The number of methoxy groups -OCH3 is 2. The molecule has 12 heteroatoms. The van der Waals surface area contributed by atoms with Gasteiger partial charge in [0.2, 0.25) is 0 Å². The third kappa shape index (κ3) is 6.09. The van der Waals surface area contributed by atoms with Crippen LogP contribution < -0.4 is 19.7 Å². The third-order valence-corrected chi connectivity index (χ3v) is 6.67. The Morgan fingerprint density at radius 1 is 1.27 bits per heavy atom. The lowest BCUT2D eigenvalue weighted by Crippen LogP contribution is -2.39. The number of aromatic amines is 1. The predicted octanol–water partition coefficient (Wildman–Crippen LogP) is 1.76. The second-order valence-electron chi connectivity index (χ2n) is 9.63. The highest BCUT2D eigenvalue weighted by molar-refractivity contribution is 5.85. The SMILES string of the molecule is COC[C@@H](C)Oc1nc(C(O)N[C@H](C)CO)cc(N2CC[C@@H](c3n[nH]c4nccc(OC)c34)[C@H](C)C2)n1. The molecule has 37 heavy (non-hydrogen) atoms. The number of anilines is 1. The van der Waals surface area contributed by atoms with Gasteiger partial charge in [0.1, 0.15) is 23.9 Å². The molecular weight excluding hydrogens is 478 g/mol. The zero-order valence-corrected chi connectivity index (χ0v) is 22.0. The van der Waals surface area contributed by atoms with Crippen LogP contribution in [0.3, 0.4) is 0 Å². The summed E-state index contributed by atoms with van der Waals surface area (Å²) < 4.78 is 16.6. The van der Waals surface area contributed by atoms with Crippen molar-refractivity contribution < 1.29 is 24.4 Å². The highest BCUT2D eigenvalue weighted by Gasteiger charge is 2.32. The van der Waals surface area contributed by atoms with Crippen molar-refractivity contribution in [3.63, 3.8) is 0 Å². The minimum absolute atomic E-state index is 0.115. The van der Waals surface area contributed by atoms with Gasteiger partial charge in [-0.15, -0.1) is 0 Å². The van der Waals surface area contributed by atoms with Crippen LogP contribution >= 0.6 is 0 Å². The molecule has 0 aliphatic carbocycles. The monoisotopic (exact) mass is 515 g/mol. The average Bonchev–Trinajstić information content (AvgIpc) is 3.32. The molecule has 5 atom stereocenters. The molecule has 0 amide bonds. The van der Waals surface area contributed by atoms with Crippen LogP contribution in [0.4, 0.5) is 5.82 Å². The van der Waals surface area contributed by atoms with E-state index < -0.39 is 6.23 Å². The molecule has 202 valence electrons. The number of aliphatic hydroxyl groups excluding tert-OH is 2. The van der Waals surface area contributed by atoms with Crippen LogP contribution in [0.25, 0.3) is 11.0 Å². The minimum Gasteiger partial charge on any atom is -0.496 e. The van der Waals surface area contributed by atoms with Crippen LogP contribution in [-0.4, -0.2) is 88.0 Å². The second kappa shape index (κ2) is 12.0. The van der Waals surface area contributed by atoms with Crippen molar-refractivity contribution in [2.24, 2.45) is 5.92 Å². The van der Waals surface area contributed by atoms with E-state index in [9.17, 15) is 10.2 Å². The molecule has 0 saturated carbocycles. The largest absolute Gasteiger partial charge is 0.496 e. The minimum atomic E-state index is -1.09. The van der Waals surface area contributed by atoms with Gasteiger partial charge in [0.05, 0.1) is 37.1 Å². The van der Waals surface area contributed by atoms with E-state index in [0.717, 1.165) is 42.0 Å². The summed E-state index contributed by atoms with van der Waals surface area (Å²) in [5, 5.41) is 31.6. The van der Waals surface area contributed by atoms with Crippen LogP contribution in [0.1, 0.15) is 50.7 Å². The molecule has 4 heterocycles. The predicted molar refractivity (Wildman–Crippen MR) is 138 cm³/mol. The summed E-state index contributed by atoms with van der Waals surface area (Å²) in [5.74, 6) is 1.88. The van der Waals surface area contributed by atoms with Gasteiger partial charge in [0.15, 0.2) is 5.65 Å². The number of rotatable bonds is 11. The molecule has 4 rings (SSSR count). The Kier molecular flexibility index (Phi) is 8.75. The fourth-order valence-corrected chi connectivity index (χ4v) is 4.79. The van der Waals surface area contributed by atoms with E-state index in [1.54, 1.807) is 33.4 Å². The summed E-state index contributed by atoms with van der Waals surface area (Å²) in [5.41, 5.74) is 2.05. The molecule has 1 unspecified atom stereocenters. The molecule has 0 bridgehead atoms. The fraction of sp³-hybridized carbons (Fsp3) is 0.600. The Morgan fingerprint density at radius 3 is 2.78 bits per heavy atom. The molecule has 0 spiro atoms. The van der Waals surface area contributed by atoms with Crippen molar-refractivity contribution in [1.82, 2.24) is 30.5 Å². The van der Waals surface area contributed by atoms with Crippen LogP contribution in [0, 0.1) is 5.92 Å². The van der Waals surface area contributed by atoms with Crippen molar-refractivity contribution in [2.45, 2.75) is 51.5 Å². The van der Waals surface area contributed by atoms with Gasteiger partial charge in [-0.25, -0.2) is 4.98 Å². The standard InChI is InChI=1S/C25H37N7O5/c1-14-11-32(9-7-17(14)22-21-19(36-5)6-8-26-23(21)31-30-22)20-10-18(24(34)27-15(2)12-33)28-25(29-20)37-16(3)13-35-4/h6,8,10,14-17,24,27,33-34H,7,9,11-13H2,1-5H3,(H,26,30,31)/t14-,15-,16-,17-,24?/m1/s1. The Bertz CT molecular complexity index is 1180. The Hall–Kier alpha value is -3.06. The van der Waals surface area contributed by atoms with Gasteiger partial charge in [0.25, 0.3) is 0 Å². The maximum Gasteiger partial charge on any atom is 0.319 e. The molecule has 12 nitrogen and oxygen atoms in total. The van der Waals surface area contributed by atoms with E-state index in [2.05, 4.69) is 42.3 Å². The number of H-pyrrole nitrogens is 1. The number of aromatic nitrogens is 5. The smallest absolute Gasteiger partial charge is 0.319 e. The van der Waals surface area contributed by atoms with E-state index in [-0.39, 0.29) is 36.6 Å². The number of piperidine rings is 1. The molecule has 1 aliphatic heterocycles. The van der Waals surface area contributed by atoms with Crippen LogP contribution in [0.5, 0.6) is 11.8 Å². The van der Waals surface area contributed by atoms with E-state index in [1.165, 1.54) is 0 Å². The van der Waals surface area contributed by atoms with Gasteiger partial charge in [-0.2, -0.15) is 15.1 Å². The van der Waals surface area contributed by atoms with E-state index in [4.69, 9.17) is 14.2 Å². The lowest BCUT2D eigenvalue weighted by Gasteiger charge is -2.37. The quantitative estimate of drug-likeness (QED) is 0.277. The first-order valence-corrected chi connectivity index (χ1v) is 12.6. The molecule has 1 saturated heterocycles. The maximum atomic E-state index is 10.7. The van der Waals surface area contributed by atoms with Gasteiger partial charge >= 0.3 is 6.01 Å². The van der Waals surface area contributed by atoms with Crippen molar-refractivity contribution >= 4 is 16.9 Å². The molecule has 1 fully saturated rings. The summed E-state index contributed by atoms with van der Waals surface area (Å²) in [6.45, 7) is 7.55. The zero-order valence-electron chi connectivity index (χ0n) is 22.0. The topological polar surface area (TPSA) is 151 Å². The lowest BCUT2D eigenvalue weighted by molar-refractivity contribution is 0.0818. The number of aliphatic hydroxyl groups is 2. The van der Waals surface area contributed by atoms with E-state index in [0.29, 0.717) is 18.1 Å². The molecule has 0 radical (unpaired) electrons. The molecule has 3 aromatic heterocycles. The van der Waals surface area contributed by atoms with Gasteiger partial charge in [-0.3, -0.25) is 10.4 Å². The molecule has 4 N–H and O–H groups in total. The van der Waals surface area contributed by atoms with E-state index >= 15 is 0 Å². The fourth-order valence-electron chi connectivity index (χ4n) is 4.79. The van der Waals surface area contributed by atoms with Gasteiger partial charge in [-0.05, 0) is 32.3 Å². The van der Waals surface area contributed by atoms with Crippen molar-refractivity contribution in [3.05, 3.63) is 29.7 Å². The van der Waals surface area contributed by atoms with Gasteiger partial charge in [0, 0.05) is 44.4 Å². The molecular formula is C25H37N7O5. The molecule has 1 aliphatic rings. The molecule has 0 aromatic carbocycles. The Morgan fingerprint density at radius 2 is 2.08 bits per heavy atom. The Labute approximate surface area is 216 Å². The van der Waals surface area contributed by atoms with Crippen LogP contribution in [0.15, 0.2) is 18.3 Å². The Balaban J connectivity index is 1.58. The number of fused-ring (bicyclic) bond motifs is 1. The second-order valence-corrected chi connectivity index (χ2v) is 9.63. The first-order valence-electron chi connectivity index (χ1n) is 12.6. The van der Waals surface area contributed by atoms with Crippen LogP contribution in [-0.2, 0) is 4.74 Å². The first-order chi connectivity index (χ1) is 17.8. The zero-order chi connectivity index (χ0) is 26.5. The summed E-state index contributed by atoms with van der Waals surface area (Å²) >= 11 is 0. The summed E-state index contributed by atoms with van der Waals surface area (Å²) in [4.78, 5) is 15.7. The van der Waals surface area contributed by atoms with E-state index in [1.807, 2.05) is 13.0 Å². The summed E-state index contributed by atoms with van der Waals surface area (Å²) in [7, 11) is 3.26. The molecule has 3 aromatic rings. The summed E-state index contributed by atoms with van der Waals surface area (Å²) in [6, 6.07) is 3.47. The lowest BCUT2D eigenvalue weighted by atomic mass is 9.83. The normalized spacial score (nSPS) is 20.6. The van der Waals surface area contributed by atoms with Crippen molar-refractivity contribution in [1.29, 1.82) is 0 Å². The number of nitrogens with one attached hydrogen (secondary N) is 2. The highest BCUT2D eigenvalue weighted by atomic mass is 16.5. The summed E-state index contributed by atoms with van der Waals surface area (Å²) in [6.07, 6.45) is 1.20. The number of nitrogens with zero attached hydrogens (tertiary/aromatic N) is 5. The van der Waals surface area contributed by atoms with Crippen molar-refractivity contribution in [3.8, 4) is 11.8 Å². The highest BCUT2D eigenvalue weighted by Crippen LogP contribution is 2.39. The number of hydrogen-bond acceptors (Lipinski definition) is 11. The third-order valence-electron chi connectivity index (χ3n) is 6.67. The average molecular weight is 516 g/mol. The number of ether oxygens (including phenoxy) is 3. The van der Waals surface area contributed by atoms with Crippen LogP contribution in [0.2, 0.25) is 0 Å². The van der Waals surface area contributed by atoms with Gasteiger partial charge in [-0.1, -0.05) is 6.92 Å². The maximum absolute atomic E-state index is 10.7. The number of pyridine rings is 1. The number of hydrogen-bond donors (Lipinski definition) is 4. The first kappa shape index (κ1) is 27.0.